The van der Waals surface area contributed by atoms with Crippen molar-refractivity contribution in [3.63, 3.8) is 0 Å². The summed E-state index contributed by atoms with van der Waals surface area (Å²) in [7, 11) is 1.90. The maximum atomic E-state index is 13.1. The molecule has 41 heavy (non-hydrogen) atoms. The predicted molar refractivity (Wildman–Crippen MR) is 164 cm³/mol. The number of hydrogen-bond acceptors (Lipinski definition) is 6. The molecule has 2 aromatic heterocycles. The lowest BCUT2D eigenvalue weighted by Gasteiger charge is -2.27. The number of rotatable bonds is 12. The summed E-state index contributed by atoms with van der Waals surface area (Å²) in [6.45, 7) is 9.75. The van der Waals surface area contributed by atoms with E-state index in [4.69, 9.17) is 9.72 Å². The van der Waals surface area contributed by atoms with Gasteiger partial charge in [0.25, 0.3) is 5.91 Å². The normalized spacial score (nSPS) is 15.1. The Hall–Kier alpha value is -3.75. The quantitative estimate of drug-likeness (QED) is 0.232. The van der Waals surface area contributed by atoms with Gasteiger partial charge in [-0.25, -0.2) is 4.98 Å². The highest BCUT2D eigenvalue weighted by atomic mass is 16.5. The number of aromatic nitrogens is 3. The molecule has 8 nitrogen and oxygen atoms in total. The van der Waals surface area contributed by atoms with E-state index < -0.39 is 0 Å². The number of carbonyl (C=O) groups is 1. The Bertz CT molecular complexity index is 1380. The lowest BCUT2D eigenvalue weighted by molar-refractivity contribution is 0.0782. The van der Waals surface area contributed by atoms with Crippen LogP contribution in [-0.4, -0.2) is 89.8 Å². The van der Waals surface area contributed by atoms with Gasteiger partial charge < -0.3 is 24.0 Å². The van der Waals surface area contributed by atoms with E-state index in [-0.39, 0.29) is 11.8 Å². The highest BCUT2D eigenvalue weighted by Gasteiger charge is 2.24. The summed E-state index contributed by atoms with van der Waals surface area (Å²) in [6.07, 6.45) is 3.87. The minimum absolute atomic E-state index is 0.0455. The van der Waals surface area contributed by atoms with E-state index in [1.807, 2.05) is 67.5 Å². The molecule has 1 amide bonds. The van der Waals surface area contributed by atoms with Gasteiger partial charge in [0.15, 0.2) is 0 Å². The minimum Gasteiger partial charge on any atom is -0.380 e. The summed E-state index contributed by atoms with van der Waals surface area (Å²) in [5, 5.41) is 0. The van der Waals surface area contributed by atoms with Crippen LogP contribution >= 0.6 is 0 Å². The Morgan fingerprint density at radius 2 is 1.76 bits per heavy atom. The van der Waals surface area contributed by atoms with Gasteiger partial charge in [-0.05, 0) is 69.3 Å². The molecule has 1 fully saturated rings. The van der Waals surface area contributed by atoms with E-state index in [2.05, 4.69) is 49.7 Å². The van der Waals surface area contributed by atoms with Crippen molar-refractivity contribution in [2.45, 2.75) is 32.2 Å². The first kappa shape index (κ1) is 28.8. The lowest BCUT2D eigenvalue weighted by atomic mass is 9.99. The number of para-hydroxylation sites is 2. The molecule has 1 saturated heterocycles. The van der Waals surface area contributed by atoms with Crippen LogP contribution in [0.5, 0.6) is 0 Å². The molecule has 8 heteroatoms. The molecule has 0 bridgehead atoms. The van der Waals surface area contributed by atoms with E-state index >= 15 is 0 Å². The molecule has 1 unspecified atom stereocenters. The van der Waals surface area contributed by atoms with Crippen molar-refractivity contribution in [3.8, 4) is 0 Å². The number of nitrogens with zero attached hydrogens (tertiary/aromatic N) is 6. The number of benzene rings is 2. The number of ether oxygens (including phenoxy) is 1. The van der Waals surface area contributed by atoms with Crippen molar-refractivity contribution in [3.05, 3.63) is 90.3 Å². The summed E-state index contributed by atoms with van der Waals surface area (Å²) in [5.41, 5.74) is 3.96. The van der Waals surface area contributed by atoms with E-state index in [0.717, 1.165) is 87.0 Å². The Labute approximate surface area is 243 Å². The predicted octanol–water partition coefficient (Wildman–Crippen LogP) is 4.93. The summed E-state index contributed by atoms with van der Waals surface area (Å²) in [6, 6.07) is 24.0. The molecular weight excluding hydrogens is 512 g/mol. The number of hydrogen-bond donors (Lipinski definition) is 0. The van der Waals surface area contributed by atoms with Crippen LogP contribution in [0.25, 0.3) is 11.0 Å². The monoisotopic (exact) mass is 554 g/mol. The van der Waals surface area contributed by atoms with Crippen LogP contribution in [0.4, 0.5) is 5.95 Å². The Morgan fingerprint density at radius 1 is 0.951 bits per heavy atom. The fraction of sp³-hybridized carbons (Fsp3) is 0.424. The SMILES string of the molecule is CCOCCn1c(N2CCCN(CCC(CN(C)C(=O)c3ccccc3)c3ccccn3)CC2)nc2ccccc21. The summed E-state index contributed by atoms with van der Waals surface area (Å²) >= 11 is 0. The van der Waals surface area contributed by atoms with Crippen molar-refractivity contribution in [1.29, 1.82) is 0 Å². The van der Waals surface area contributed by atoms with Crippen molar-refractivity contribution < 1.29 is 9.53 Å². The van der Waals surface area contributed by atoms with Crippen LogP contribution in [0.2, 0.25) is 0 Å². The second kappa shape index (κ2) is 14.2. The lowest BCUT2D eigenvalue weighted by Crippen LogP contribution is -2.35. The molecule has 216 valence electrons. The number of likely N-dealkylation sites (N-methyl/N-ethyl adjacent to an activating group) is 1. The summed E-state index contributed by atoms with van der Waals surface area (Å²) in [5.74, 6) is 1.25. The van der Waals surface area contributed by atoms with Gasteiger partial charge in [0.05, 0.1) is 17.6 Å². The molecule has 1 atom stereocenters. The minimum atomic E-state index is 0.0455. The van der Waals surface area contributed by atoms with Crippen LogP contribution in [0.15, 0.2) is 79.0 Å². The number of imidazole rings is 1. The van der Waals surface area contributed by atoms with Crippen LogP contribution < -0.4 is 4.90 Å². The first-order valence-corrected chi connectivity index (χ1v) is 14.9. The topological polar surface area (TPSA) is 66.7 Å². The van der Waals surface area contributed by atoms with Gasteiger partial charge in [-0.15, -0.1) is 0 Å². The zero-order valence-corrected chi connectivity index (χ0v) is 24.4. The number of amides is 1. The summed E-state index contributed by atoms with van der Waals surface area (Å²) < 4.78 is 8.01. The van der Waals surface area contributed by atoms with Gasteiger partial charge >= 0.3 is 0 Å². The molecule has 0 N–H and O–H groups in total. The number of fused-ring (bicyclic) bond motifs is 1. The second-order valence-electron chi connectivity index (χ2n) is 10.7. The number of carbonyl (C=O) groups excluding carboxylic acids is 1. The third-order valence-corrected chi connectivity index (χ3v) is 7.93. The maximum Gasteiger partial charge on any atom is 0.253 e. The molecule has 0 spiro atoms. The zero-order chi connectivity index (χ0) is 28.4. The largest absolute Gasteiger partial charge is 0.380 e. The molecule has 5 rings (SSSR count). The Kier molecular flexibility index (Phi) is 9.99. The first-order chi connectivity index (χ1) is 20.1. The highest BCUT2D eigenvalue weighted by Crippen LogP contribution is 2.25. The van der Waals surface area contributed by atoms with E-state index in [1.54, 1.807) is 0 Å². The van der Waals surface area contributed by atoms with Crippen LogP contribution in [0.1, 0.15) is 41.7 Å². The number of pyridine rings is 1. The van der Waals surface area contributed by atoms with Gasteiger partial charge in [0.2, 0.25) is 5.95 Å². The highest BCUT2D eigenvalue weighted by molar-refractivity contribution is 5.94. The molecule has 3 heterocycles. The van der Waals surface area contributed by atoms with E-state index in [0.29, 0.717) is 13.2 Å². The van der Waals surface area contributed by atoms with Crippen LogP contribution in [0, 0.1) is 0 Å². The Balaban J connectivity index is 1.24. The van der Waals surface area contributed by atoms with Crippen molar-refractivity contribution in [2.24, 2.45) is 0 Å². The average Bonchev–Trinajstić information content (AvgIpc) is 3.21. The maximum absolute atomic E-state index is 13.1. The fourth-order valence-corrected chi connectivity index (χ4v) is 5.72. The van der Waals surface area contributed by atoms with Gasteiger partial charge in [0, 0.05) is 69.8 Å². The molecule has 0 radical (unpaired) electrons. The van der Waals surface area contributed by atoms with Gasteiger partial charge in [-0.3, -0.25) is 9.78 Å². The van der Waals surface area contributed by atoms with Crippen LogP contribution in [0.3, 0.4) is 0 Å². The third-order valence-electron chi connectivity index (χ3n) is 7.93. The fourth-order valence-electron chi connectivity index (χ4n) is 5.72. The molecular formula is C33H42N6O2. The summed E-state index contributed by atoms with van der Waals surface area (Å²) in [4.78, 5) is 29.6. The number of anilines is 1. The zero-order valence-electron chi connectivity index (χ0n) is 24.4. The van der Waals surface area contributed by atoms with Crippen molar-refractivity contribution in [2.75, 3.05) is 64.4 Å². The van der Waals surface area contributed by atoms with Crippen LogP contribution in [-0.2, 0) is 11.3 Å². The van der Waals surface area contributed by atoms with E-state index in [9.17, 15) is 4.79 Å². The van der Waals surface area contributed by atoms with Crippen molar-refractivity contribution in [1.82, 2.24) is 24.3 Å². The Morgan fingerprint density at radius 3 is 2.56 bits per heavy atom. The smallest absolute Gasteiger partial charge is 0.253 e. The molecule has 0 aliphatic carbocycles. The molecule has 0 saturated carbocycles. The van der Waals surface area contributed by atoms with E-state index in [1.165, 1.54) is 0 Å². The van der Waals surface area contributed by atoms with Gasteiger partial charge in [-0.1, -0.05) is 36.4 Å². The molecule has 1 aliphatic rings. The molecule has 4 aromatic rings. The van der Waals surface area contributed by atoms with Gasteiger partial charge in [0.1, 0.15) is 0 Å². The standard InChI is InChI=1S/C33H42N6O2/c1-3-41-25-24-39-31-16-8-7-15-30(31)35-33(39)38-20-11-19-37(22-23-38)21-17-28(29-14-9-10-18-34-29)26-36(2)32(40)27-12-5-4-6-13-27/h4-10,12-16,18,28H,3,11,17,19-26H2,1-2H3. The third kappa shape index (κ3) is 7.31. The molecule has 2 aromatic carbocycles. The van der Waals surface area contributed by atoms with Gasteiger partial charge in [-0.2, -0.15) is 0 Å². The van der Waals surface area contributed by atoms with Crippen molar-refractivity contribution >= 4 is 22.9 Å². The first-order valence-electron chi connectivity index (χ1n) is 14.9. The second-order valence-corrected chi connectivity index (χ2v) is 10.7. The average molecular weight is 555 g/mol. The molecule has 1 aliphatic heterocycles.